The molecule has 4 heteroatoms. The van der Waals surface area contributed by atoms with Crippen LogP contribution in [0.3, 0.4) is 0 Å². The third-order valence-electron chi connectivity index (χ3n) is 3.72. The lowest BCUT2D eigenvalue weighted by Gasteiger charge is -2.07. The van der Waals surface area contributed by atoms with E-state index in [2.05, 4.69) is 6.07 Å². The summed E-state index contributed by atoms with van der Waals surface area (Å²) in [4.78, 5) is 11.8. The summed E-state index contributed by atoms with van der Waals surface area (Å²) in [6, 6.07) is 17.7. The van der Waals surface area contributed by atoms with Gasteiger partial charge in [0.1, 0.15) is 12.4 Å². The van der Waals surface area contributed by atoms with E-state index in [-0.39, 0.29) is 12.3 Å². The van der Waals surface area contributed by atoms with Crippen LogP contribution in [-0.4, -0.2) is 10.5 Å². The van der Waals surface area contributed by atoms with E-state index in [1.54, 1.807) is 10.8 Å². The lowest BCUT2D eigenvalue weighted by Crippen LogP contribution is -2.03. The molecule has 0 N–H and O–H groups in total. The molecule has 0 atom stereocenters. The molecule has 0 unspecified atom stereocenters. The van der Waals surface area contributed by atoms with Gasteiger partial charge in [-0.25, -0.2) is 0 Å². The van der Waals surface area contributed by atoms with Gasteiger partial charge in [-0.1, -0.05) is 30.3 Å². The largest absolute Gasteiger partial charge is 0.489 e. The summed E-state index contributed by atoms with van der Waals surface area (Å²) in [5.41, 5.74) is 2.71. The van der Waals surface area contributed by atoms with Gasteiger partial charge in [-0.3, -0.25) is 9.36 Å². The Hall–Kier alpha value is -3.06. The molecule has 4 nitrogen and oxygen atoms in total. The Morgan fingerprint density at radius 2 is 2.00 bits per heavy atom. The molecule has 2 aromatic carbocycles. The molecule has 3 rings (SSSR count). The van der Waals surface area contributed by atoms with Crippen LogP contribution in [0.25, 0.3) is 10.9 Å². The third kappa shape index (κ3) is 3.09. The predicted molar refractivity (Wildman–Crippen MR) is 88.3 cm³/mol. The standard InChI is InChI=1S/C19H16N2O2/c1-14(22)21-12-16(9-10-20)18-8-7-17(11-19(18)21)23-13-15-5-3-2-4-6-15/h2-8,11-12H,9,13H2,1H3. The van der Waals surface area contributed by atoms with Crippen LogP contribution in [-0.2, 0) is 13.0 Å². The maximum absolute atomic E-state index is 11.8. The van der Waals surface area contributed by atoms with Crippen LogP contribution >= 0.6 is 0 Å². The van der Waals surface area contributed by atoms with Crippen LogP contribution in [0.5, 0.6) is 5.75 Å². The van der Waals surface area contributed by atoms with Gasteiger partial charge < -0.3 is 4.74 Å². The quantitative estimate of drug-likeness (QED) is 0.733. The third-order valence-corrected chi connectivity index (χ3v) is 3.72. The number of rotatable bonds is 4. The fourth-order valence-corrected chi connectivity index (χ4v) is 2.59. The summed E-state index contributed by atoms with van der Waals surface area (Å²) in [5.74, 6) is 0.616. The molecule has 114 valence electrons. The van der Waals surface area contributed by atoms with E-state index in [0.717, 1.165) is 22.0 Å². The first-order valence-electron chi connectivity index (χ1n) is 7.37. The van der Waals surface area contributed by atoms with Gasteiger partial charge in [0, 0.05) is 24.6 Å². The van der Waals surface area contributed by atoms with Crippen LogP contribution in [0.1, 0.15) is 22.8 Å². The zero-order valence-electron chi connectivity index (χ0n) is 12.8. The fraction of sp³-hybridized carbons (Fsp3) is 0.158. The number of benzene rings is 2. The summed E-state index contributed by atoms with van der Waals surface area (Å²) < 4.78 is 7.38. The summed E-state index contributed by atoms with van der Waals surface area (Å²) in [7, 11) is 0. The summed E-state index contributed by atoms with van der Waals surface area (Å²) in [6.45, 7) is 1.98. The van der Waals surface area contributed by atoms with Crippen molar-refractivity contribution in [1.82, 2.24) is 4.57 Å². The molecular weight excluding hydrogens is 288 g/mol. The van der Waals surface area contributed by atoms with E-state index >= 15 is 0 Å². The van der Waals surface area contributed by atoms with Crippen LogP contribution in [0.15, 0.2) is 54.7 Å². The highest BCUT2D eigenvalue weighted by Crippen LogP contribution is 2.26. The van der Waals surface area contributed by atoms with Crippen molar-refractivity contribution in [2.45, 2.75) is 20.0 Å². The molecule has 0 saturated heterocycles. The first-order chi connectivity index (χ1) is 11.2. The minimum Gasteiger partial charge on any atom is -0.489 e. The molecule has 0 saturated carbocycles. The predicted octanol–water partition coefficient (Wildman–Crippen LogP) is 3.95. The second kappa shape index (κ2) is 6.37. The number of carbonyl (C=O) groups is 1. The van der Waals surface area contributed by atoms with Crippen LogP contribution in [0, 0.1) is 11.3 Å². The molecule has 0 bridgehead atoms. The number of nitriles is 1. The highest BCUT2D eigenvalue weighted by molar-refractivity contribution is 5.94. The molecule has 0 spiro atoms. The molecule has 0 aliphatic rings. The van der Waals surface area contributed by atoms with Gasteiger partial charge in [-0.15, -0.1) is 0 Å². The minimum atomic E-state index is -0.0839. The lowest BCUT2D eigenvalue weighted by molar-refractivity contribution is 0.0941. The van der Waals surface area contributed by atoms with Gasteiger partial charge in [0.15, 0.2) is 0 Å². The van der Waals surface area contributed by atoms with E-state index in [4.69, 9.17) is 10.00 Å². The topological polar surface area (TPSA) is 55.0 Å². The molecule has 0 aliphatic carbocycles. The molecule has 1 heterocycles. The van der Waals surface area contributed by atoms with E-state index in [9.17, 15) is 4.79 Å². The van der Waals surface area contributed by atoms with E-state index in [1.165, 1.54) is 6.92 Å². The molecule has 0 radical (unpaired) electrons. The normalized spacial score (nSPS) is 10.4. The number of fused-ring (bicyclic) bond motifs is 1. The van der Waals surface area contributed by atoms with Gasteiger partial charge in [0.25, 0.3) is 0 Å². The summed E-state index contributed by atoms with van der Waals surface area (Å²) >= 11 is 0. The number of ether oxygens (including phenoxy) is 1. The van der Waals surface area contributed by atoms with Crippen molar-refractivity contribution in [3.8, 4) is 11.8 Å². The van der Waals surface area contributed by atoms with Crippen molar-refractivity contribution >= 4 is 16.8 Å². The number of hydrogen-bond donors (Lipinski definition) is 0. The summed E-state index contributed by atoms with van der Waals surface area (Å²) in [6.07, 6.45) is 2.01. The number of hydrogen-bond acceptors (Lipinski definition) is 3. The Kier molecular flexibility index (Phi) is 4.11. The van der Waals surface area contributed by atoms with Crippen LogP contribution in [0.4, 0.5) is 0 Å². The minimum absolute atomic E-state index is 0.0839. The van der Waals surface area contributed by atoms with Crippen molar-refractivity contribution in [3.63, 3.8) is 0 Å². The van der Waals surface area contributed by atoms with Crippen molar-refractivity contribution < 1.29 is 9.53 Å². The summed E-state index contributed by atoms with van der Waals surface area (Å²) in [5, 5.41) is 9.83. The fourth-order valence-electron chi connectivity index (χ4n) is 2.59. The van der Waals surface area contributed by atoms with Crippen molar-refractivity contribution in [3.05, 3.63) is 65.9 Å². The SMILES string of the molecule is CC(=O)n1cc(CC#N)c2ccc(OCc3ccccc3)cc21. The Labute approximate surface area is 134 Å². The highest BCUT2D eigenvalue weighted by Gasteiger charge is 2.12. The van der Waals surface area contributed by atoms with Crippen molar-refractivity contribution in [1.29, 1.82) is 5.26 Å². The zero-order valence-corrected chi connectivity index (χ0v) is 12.8. The average Bonchev–Trinajstić information content (AvgIpc) is 2.93. The maximum Gasteiger partial charge on any atom is 0.227 e. The Bertz CT molecular complexity index is 889. The lowest BCUT2D eigenvalue weighted by atomic mass is 10.1. The van der Waals surface area contributed by atoms with Gasteiger partial charge >= 0.3 is 0 Å². The second-order valence-electron chi connectivity index (χ2n) is 5.33. The monoisotopic (exact) mass is 304 g/mol. The maximum atomic E-state index is 11.8. The Balaban J connectivity index is 1.93. The number of aromatic nitrogens is 1. The van der Waals surface area contributed by atoms with E-state index in [1.807, 2.05) is 48.5 Å². The Morgan fingerprint density at radius 1 is 1.22 bits per heavy atom. The zero-order chi connectivity index (χ0) is 16.2. The Morgan fingerprint density at radius 3 is 2.70 bits per heavy atom. The molecule has 3 aromatic rings. The molecule has 1 aromatic heterocycles. The highest BCUT2D eigenvalue weighted by atomic mass is 16.5. The number of nitrogens with zero attached hydrogens (tertiary/aromatic N) is 2. The first-order valence-corrected chi connectivity index (χ1v) is 7.37. The average molecular weight is 304 g/mol. The van der Waals surface area contributed by atoms with Crippen LogP contribution < -0.4 is 4.74 Å². The molecule has 0 fully saturated rings. The van der Waals surface area contributed by atoms with Crippen molar-refractivity contribution in [2.24, 2.45) is 0 Å². The van der Waals surface area contributed by atoms with Gasteiger partial charge in [0.2, 0.25) is 5.91 Å². The van der Waals surface area contributed by atoms with Gasteiger partial charge in [-0.05, 0) is 23.3 Å². The molecule has 0 aliphatic heterocycles. The molecular formula is C19H16N2O2. The molecule has 23 heavy (non-hydrogen) atoms. The van der Waals surface area contributed by atoms with Crippen molar-refractivity contribution in [2.75, 3.05) is 0 Å². The first kappa shape index (κ1) is 14.9. The van der Waals surface area contributed by atoms with E-state index in [0.29, 0.717) is 12.4 Å². The van der Waals surface area contributed by atoms with E-state index < -0.39 is 0 Å². The van der Waals surface area contributed by atoms with Crippen LogP contribution in [0.2, 0.25) is 0 Å². The molecule has 0 amide bonds. The number of carbonyl (C=O) groups excluding carboxylic acids is 1. The van der Waals surface area contributed by atoms with Gasteiger partial charge in [-0.2, -0.15) is 5.26 Å². The second-order valence-corrected chi connectivity index (χ2v) is 5.33. The van der Waals surface area contributed by atoms with Gasteiger partial charge in [0.05, 0.1) is 18.0 Å². The smallest absolute Gasteiger partial charge is 0.227 e.